The van der Waals surface area contributed by atoms with Gasteiger partial charge in [0.05, 0.1) is 12.7 Å². The van der Waals surface area contributed by atoms with Gasteiger partial charge in [-0.05, 0) is 41.8 Å². The van der Waals surface area contributed by atoms with Crippen molar-refractivity contribution in [1.29, 1.82) is 0 Å². The van der Waals surface area contributed by atoms with Crippen LogP contribution in [0.25, 0.3) is 0 Å². The van der Waals surface area contributed by atoms with Gasteiger partial charge >= 0.3 is 5.97 Å². The summed E-state index contributed by atoms with van der Waals surface area (Å²) < 4.78 is 6.48. The summed E-state index contributed by atoms with van der Waals surface area (Å²) in [4.78, 5) is 24.9. The smallest absolute Gasteiger partial charge is 0.337 e. The van der Waals surface area contributed by atoms with Crippen LogP contribution < -0.4 is 5.32 Å². The van der Waals surface area contributed by atoms with Crippen LogP contribution in [-0.2, 0) is 4.74 Å². The van der Waals surface area contributed by atoms with Crippen molar-refractivity contribution in [2.75, 3.05) is 13.7 Å². The van der Waals surface area contributed by atoms with Gasteiger partial charge in [-0.1, -0.05) is 6.07 Å². The van der Waals surface area contributed by atoms with E-state index in [0.717, 1.165) is 4.88 Å². The Morgan fingerprint density at radius 2 is 1.96 bits per heavy atom. The Morgan fingerprint density at radius 1 is 1.20 bits per heavy atom. The van der Waals surface area contributed by atoms with E-state index < -0.39 is 5.97 Å². The highest BCUT2D eigenvalue weighted by atomic mass is 32.1. The summed E-state index contributed by atoms with van der Waals surface area (Å²) in [6.07, 6.45) is 3.59. The molecule has 0 aliphatic carbocycles. The Balaban J connectivity index is 1.69. The summed E-state index contributed by atoms with van der Waals surface area (Å²) in [5.74, 6) is -0.631. The zero-order valence-corrected chi connectivity index (χ0v) is 14.4. The second-order valence-electron chi connectivity index (χ2n) is 5.30. The quantitative estimate of drug-likeness (QED) is 0.690. The third-order valence-corrected chi connectivity index (χ3v) is 4.71. The number of hydrogen-bond acceptors (Lipinski definition) is 5. The van der Waals surface area contributed by atoms with Crippen LogP contribution in [-0.4, -0.2) is 35.3 Å². The molecular formula is C18H17N3O3S. The van der Waals surface area contributed by atoms with Gasteiger partial charge in [0.1, 0.15) is 6.04 Å². The van der Waals surface area contributed by atoms with Crippen molar-refractivity contribution in [2.24, 2.45) is 0 Å². The standard InChI is InChI=1S/C18H17N3O3S/c1-24-18(23)14-7-5-13(6-8-14)17(22)19-12-15(16-4-2-11-25-16)21-10-3-9-20-21/h2-11,15H,12H2,1H3,(H,19,22)/t15-/m1/s1. The first-order valence-electron chi connectivity index (χ1n) is 7.68. The van der Waals surface area contributed by atoms with Crippen molar-refractivity contribution in [3.05, 3.63) is 76.2 Å². The minimum atomic E-state index is -0.427. The Morgan fingerprint density at radius 3 is 2.56 bits per heavy atom. The summed E-state index contributed by atoms with van der Waals surface area (Å²) in [7, 11) is 1.32. The fourth-order valence-electron chi connectivity index (χ4n) is 2.44. The van der Waals surface area contributed by atoms with E-state index in [1.54, 1.807) is 41.8 Å². The molecular weight excluding hydrogens is 338 g/mol. The topological polar surface area (TPSA) is 73.2 Å². The zero-order chi connectivity index (χ0) is 17.6. The van der Waals surface area contributed by atoms with Gasteiger partial charge in [-0.3, -0.25) is 9.48 Å². The first-order chi connectivity index (χ1) is 12.2. The molecule has 2 aromatic heterocycles. The number of ether oxygens (including phenoxy) is 1. The van der Waals surface area contributed by atoms with Gasteiger partial charge in [0.25, 0.3) is 5.91 Å². The average molecular weight is 355 g/mol. The number of carbonyl (C=O) groups excluding carboxylic acids is 2. The third-order valence-electron chi connectivity index (χ3n) is 3.74. The van der Waals surface area contributed by atoms with Crippen LogP contribution >= 0.6 is 11.3 Å². The summed E-state index contributed by atoms with van der Waals surface area (Å²) in [5.41, 5.74) is 0.894. The van der Waals surface area contributed by atoms with Crippen LogP contribution in [0.4, 0.5) is 0 Å². The lowest BCUT2D eigenvalue weighted by Gasteiger charge is -2.17. The number of esters is 1. The molecule has 1 aromatic carbocycles. The van der Waals surface area contributed by atoms with E-state index in [4.69, 9.17) is 0 Å². The fraction of sp³-hybridized carbons (Fsp3) is 0.167. The number of thiophene rings is 1. The molecule has 0 bridgehead atoms. The molecule has 2 heterocycles. The maximum absolute atomic E-state index is 12.4. The first-order valence-corrected chi connectivity index (χ1v) is 8.56. The molecule has 0 spiro atoms. The Bertz CT molecular complexity index is 793. The summed E-state index contributed by atoms with van der Waals surface area (Å²) >= 11 is 1.62. The Labute approximate surface area is 149 Å². The van der Waals surface area contributed by atoms with Gasteiger partial charge in [0, 0.05) is 29.4 Å². The molecule has 7 heteroatoms. The predicted molar refractivity (Wildman–Crippen MR) is 94.8 cm³/mol. The van der Waals surface area contributed by atoms with Crippen LogP contribution in [0, 0.1) is 0 Å². The number of nitrogens with one attached hydrogen (secondary N) is 1. The lowest BCUT2D eigenvalue weighted by Crippen LogP contribution is -2.31. The molecule has 3 aromatic rings. The molecule has 0 saturated heterocycles. The van der Waals surface area contributed by atoms with Gasteiger partial charge in [-0.15, -0.1) is 11.3 Å². The van der Waals surface area contributed by atoms with E-state index in [1.807, 2.05) is 34.5 Å². The molecule has 0 aliphatic rings. The highest BCUT2D eigenvalue weighted by Crippen LogP contribution is 2.22. The Kier molecular flexibility index (Phi) is 5.25. The van der Waals surface area contributed by atoms with Crippen molar-refractivity contribution in [1.82, 2.24) is 15.1 Å². The second-order valence-corrected chi connectivity index (χ2v) is 6.28. The first kappa shape index (κ1) is 16.9. The minimum absolute atomic E-state index is 0.0618. The SMILES string of the molecule is COC(=O)c1ccc(C(=O)NC[C@H](c2cccs2)n2cccn2)cc1. The molecule has 0 unspecified atom stereocenters. The van der Waals surface area contributed by atoms with Gasteiger partial charge < -0.3 is 10.1 Å². The maximum Gasteiger partial charge on any atom is 0.337 e. The van der Waals surface area contributed by atoms with E-state index >= 15 is 0 Å². The van der Waals surface area contributed by atoms with E-state index in [9.17, 15) is 9.59 Å². The fourth-order valence-corrected chi connectivity index (χ4v) is 3.26. The minimum Gasteiger partial charge on any atom is -0.465 e. The Hall–Kier alpha value is -2.93. The number of hydrogen-bond donors (Lipinski definition) is 1. The summed E-state index contributed by atoms with van der Waals surface area (Å²) in [5, 5.41) is 9.21. The number of amides is 1. The summed E-state index contributed by atoms with van der Waals surface area (Å²) in [6.45, 7) is 0.416. The molecule has 3 rings (SSSR count). The maximum atomic E-state index is 12.4. The van der Waals surface area contributed by atoms with Gasteiger partial charge in [0.15, 0.2) is 0 Å². The monoisotopic (exact) mass is 355 g/mol. The highest BCUT2D eigenvalue weighted by molar-refractivity contribution is 7.10. The molecule has 1 amide bonds. The number of aromatic nitrogens is 2. The van der Waals surface area contributed by atoms with Crippen molar-refractivity contribution in [3.8, 4) is 0 Å². The molecule has 25 heavy (non-hydrogen) atoms. The number of carbonyl (C=O) groups is 2. The number of rotatable bonds is 6. The number of benzene rings is 1. The van der Waals surface area contributed by atoms with E-state index in [1.165, 1.54) is 7.11 Å². The van der Waals surface area contributed by atoms with E-state index in [2.05, 4.69) is 15.2 Å². The van der Waals surface area contributed by atoms with E-state index in [0.29, 0.717) is 17.7 Å². The van der Waals surface area contributed by atoms with Crippen LogP contribution in [0.15, 0.2) is 60.2 Å². The zero-order valence-electron chi connectivity index (χ0n) is 13.6. The largest absolute Gasteiger partial charge is 0.465 e. The van der Waals surface area contributed by atoms with Crippen LogP contribution in [0.2, 0.25) is 0 Å². The van der Waals surface area contributed by atoms with Gasteiger partial charge in [-0.25, -0.2) is 4.79 Å². The highest BCUT2D eigenvalue weighted by Gasteiger charge is 2.17. The average Bonchev–Trinajstić information content (AvgIpc) is 3.35. The lowest BCUT2D eigenvalue weighted by molar-refractivity contribution is 0.0600. The molecule has 128 valence electrons. The number of nitrogens with zero attached hydrogens (tertiary/aromatic N) is 2. The van der Waals surface area contributed by atoms with Gasteiger partial charge in [-0.2, -0.15) is 5.10 Å². The molecule has 6 nitrogen and oxygen atoms in total. The molecule has 0 saturated carbocycles. The lowest BCUT2D eigenvalue weighted by atomic mass is 10.1. The molecule has 1 N–H and O–H groups in total. The van der Waals surface area contributed by atoms with Crippen LogP contribution in [0.5, 0.6) is 0 Å². The molecule has 0 aliphatic heterocycles. The van der Waals surface area contributed by atoms with Crippen LogP contribution in [0.1, 0.15) is 31.6 Å². The predicted octanol–water partition coefficient (Wildman–Crippen LogP) is 2.75. The van der Waals surface area contributed by atoms with Crippen molar-refractivity contribution < 1.29 is 14.3 Å². The molecule has 0 radical (unpaired) electrons. The number of methoxy groups -OCH3 is 1. The van der Waals surface area contributed by atoms with Crippen molar-refractivity contribution in [3.63, 3.8) is 0 Å². The normalized spacial score (nSPS) is 11.7. The van der Waals surface area contributed by atoms with E-state index in [-0.39, 0.29) is 11.9 Å². The van der Waals surface area contributed by atoms with Crippen molar-refractivity contribution >= 4 is 23.2 Å². The molecule has 0 fully saturated rings. The third kappa shape index (κ3) is 3.95. The summed E-state index contributed by atoms with van der Waals surface area (Å²) in [6, 6.07) is 12.2. The van der Waals surface area contributed by atoms with Gasteiger partial charge in [0.2, 0.25) is 0 Å². The second kappa shape index (κ2) is 7.76. The molecule has 1 atom stereocenters. The van der Waals surface area contributed by atoms with Crippen LogP contribution in [0.3, 0.4) is 0 Å². The van der Waals surface area contributed by atoms with Crippen molar-refractivity contribution in [2.45, 2.75) is 6.04 Å².